The van der Waals surface area contributed by atoms with Gasteiger partial charge in [0.15, 0.2) is 0 Å². The largest absolute Gasteiger partial charge is 0.347 e. The van der Waals surface area contributed by atoms with Crippen molar-refractivity contribution in [2.75, 3.05) is 12.0 Å². The number of hydrogen-bond acceptors (Lipinski definition) is 6. The number of nitrogens with zero attached hydrogens (tertiary/aromatic N) is 3. The fraction of sp³-hybridized carbons (Fsp3) is 0.167. The molecule has 0 saturated carbocycles. The Labute approximate surface area is 131 Å². The van der Waals surface area contributed by atoms with Gasteiger partial charge in [-0.1, -0.05) is 12.1 Å². The number of sulfonamides is 1. The number of aromatic nitrogens is 3. The molecule has 10 nitrogen and oxygen atoms in total. The van der Waals surface area contributed by atoms with Crippen LogP contribution in [0.15, 0.2) is 41.8 Å². The molecule has 2 amide bonds. The molecule has 0 radical (unpaired) electrons. The molecule has 0 fully saturated rings. The zero-order valence-electron chi connectivity index (χ0n) is 11.8. The maximum absolute atomic E-state index is 11.6. The number of nitrogens with two attached hydrogens (primary N) is 1. The SMILES string of the molecule is NS(=O)(=O)c1ccc(CCNC(=O)C(=O)Nn2cnnc2)cc1. The van der Waals surface area contributed by atoms with Crippen molar-refractivity contribution in [1.29, 1.82) is 0 Å². The van der Waals surface area contributed by atoms with E-state index in [2.05, 4.69) is 20.9 Å². The third-order valence-electron chi connectivity index (χ3n) is 2.81. The Hall–Kier alpha value is -2.79. The maximum Gasteiger partial charge on any atom is 0.328 e. The number of rotatable bonds is 5. The molecule has 0 aliphatic carbocycles. The number of amides is 2. The Bertz CT molecular complexity index is 785. The molecule has 0 saturated heterocycles. The van der Waals surface area contributed by atoms with Crippen molar-refractivity contribution >= 4 is 21.8 Å². The van der Waals surface area contributed by atoms with Crippen molar-refractivity contribution in [3.05, 3.63) is 42.5 Å². The second-order valence-electron chi connectivity index (χ2n) is 4.50. The average molecular weight is 338 g/mol. The molecule has 0 unspecified atom stereocenters. The first-order chi connectivity index (χ1) is 10.9. The van der Waals surface area contributed by atoms with Crippen LogP contribution in [-0.2, 0) is 26.0 Å². The van der Waals surface area contributed by atoms with Gasteiger partial charge in [0.05, 0.1) is 4.90 Å². The minimum Gasteiger partial charge on any atom is -0.347 e. The Balaban J connectivity index is 1.80. The molecular weight excluding hydrogens is 324 g/mol. The van der Waals surface area contributed by atoms with Gasteiger partial charge in [-0.2, -0.15) is 0 Å². The molecule has 0 aliphatic heterocycles. The minimum atomic E-state index is -3.72. The summed E-state index contributed by atoms with van der Waals surface area (Å²) in [5, 5.41) is 14.4. The van der Waals surface area contributed by atoms with Crippen molar-refractivity contribution in [2.24, 2.45) is 5.14 Å². The van der Waals surface area contributed by atoms with E-state index in [9.17, 15) is 18.0 Å². The lowest BCUT2D eigenvalue weighted by Gasteiger charge is -2.06. The number of carbonyl (C=O) groups is 2. The highest BCUT2D eigenvalue weighted by molar-refractivity contribution is 7.89. The number of nitrogens with one attached hydrogen (secondary N) is 2. The quantitative estimate of drug-likeness (QED) is 0.556. The van der Waals surface area contributed by atoms with Crippen LogP contribution in [-0.4, -0.2) is 41.7 Å². The predicted octanol–water partition coefficient (Wildman–Crippen LogP) is -1.65. The topological polar surface area (TPSA) is 149 Å². The summed E-state index contributed by atoms with van der Waals surface area (Å²) in [7, 11) is -3.72. The molecule has 0 spiro atoms. The lowest BCUT2D eigenvalue weighted by atomic mass is 10.1. The van der Waals surface area contributed by atoms with Crippen LogP contribution in [0.4, 0.5) is 0 Å². The molecule has 0 bridgehead atoms. The number of carbonyl (C=O) groups excluding carboxylic acids is 2. The van der Waals surface area contributed by atoms with E-state index in [1.165, 1.54) is 24.8 Å². The number of hydrogen-bond donors (Lipinski definition) is 3. The number of primary sulfonamides is 1. The lowest BCUT2D eigenvalue weighted by Crippen LogP contribution is -2.39. The summed E-state index contributed by atoms with van der Waals surface area (Å²) in [4.78, 5) is 23.1. The third-order valence-corrected chi connectivity index (χ3v) is 3.74. The normalized spacial score (nSPS) is 11.0. The summed E-state index contributed by atoms with van der Waals surface area (Å²) >= 11 is 0. The summed E-state index contributed by atoms with van der Waals surface area (Å²) in [6.07, 6.45) is 2.90. The maximum atomic E-state index is 11.6. The zero-order chi connectivity index (χ0) is 16.9. The average Bonchev–Trinajstić information content (AvgIpc) is 2.99. The lowest BCUT2D eigenvalue weighted by molar-refractivity contribution is -0.136. The summed E-state index contributed by atoms with van der Waals surface area (Å²) in [6.45, 7) is 0.211. The smallest absolute Gasteiger partial charge is 0.328 e. The van der Waals surface area contributed by atoms with Gasteiger partial charge >= 0.3 is 11.8 Å². The fourth-order valence-electron chi connectivity index (χ4n) is 1.67. The second-order valence-corrected chi connectivity index (χ2v) is 6.07. The van der Waals surface area contributed by atoms with Crippen LogP contribution in [0.5, 0.6) is 0 Å². The van der Waals surface area contributed by atoms with Crippen molar-refractivity contribution in [2.45, 2.75) is 11.3 Å². The highest BCUT2D eigenvalue weighted by atomic mass is 32.2. The molecule has 1 heterocycles. The van der Waals surface area contributed by atoms with Gasteiger partial charge in [0.1, 0.15) is 12.7 Å². The van der Waals surface area contributed by atoms with Gasteiger partial charge in [-0.25, -0.2) is 18.2 Å². The zero-order valence-corrected chi connectivity index (χ0v) is 12.7. The molecule has 1 aromatic heterocycles. The molecule has 2 aromatic rings. The molecule has 0 aliphatic rings. The van der Waals surface area contributed by atoms with Crippen LogP contribution in [0.3, 0.4) is 0 Å². The van der Waals surface area contributed by atoms with E-state index < -0.39 is 21.8 Å². The van der Waals surface area contributed by atoms with Gasteiger partial charge < -0.3 is 5.32 Å². The Morgan fingerprint density at radius 3 is 2.26 bits per heavy atom. The van der Waals surface area contributed by atoms with E-state index in [4.69, 9.17) is 5.14 Å². The van der Waals surface area contributed by atoms with Gasteiger partial charge in [-0.05, 0) is 24.1 Å². The van der Waals surface area contributed by atoms with Crippen molar-refractivity contribution in [3.8, 4) is 0 Å². The Morgan fingerprint density at radius 2 is 1.70 bits per heavy atom. The molecule has 2 rings (SSSR count). The first-order valence-electron chi connectivity index (χ1n) is 6.42. The van der Waals surface area contributed by atoms with Crippen molar-refractivity contribution in [1.82, 2.24) is 20.2 Å². The molecule has 23 heavy (non-hydrogen) atoms. The first-order valence-corrected chi connectivity index (χ1v) is 7.96. The molecule has 11 heteroatoms. The molecular formula is C12H14N6O4S. The molecule has 0 atom stereocenters. The monoisotopic (exact) mass is 338 g/mol. The van der Waals surface area contributed by atoms with E-state index >= 15 is 0 Å². The second kappa shape index (κ2) is 6.98. The minimum absolute atomic E-state index is 0.0126. The van der Waals surface area contributed by atoms with E-state index in [1.807, 2.05) is 0 Å². The van der Waals surface area contributed by atoms with Crippen LogP contribution in [0, 0.1) is 0 Å². The van der Waals surface area contributed by atoms with E-state index in [0.717, 1.165) is 10.2 Å². The third kappa shape index (κ3) is 4.86. The fourth-order valence-corrected chi connectivity index (χ4v) is 2.19. The standard InChI is InChI=1S/C12H14N6O4S/c13-23(21,22)10-3-1-9(2-4-10)5-6-14-11(19)12(20)17-18-7-15-16-8-18/h1-4,7-8H,5-6H2,(H,14,19)(H,17,20)(H2,13,21,22). The van der Waals surface area contributed by atoms with E-state index in [0.29, 0.717) is 6.42 Å². The highest BCUT2D eigenvalue weighted by Gasteiger charge is 2.13. The van der Waals surface area contributed by atoms with Gasteiger partial charge in [-0.15, -0.1) is 10.2 Å². The van der Waals surface area contributed by atoms with Crippen molar-refractivity contribution in [3.63, 3.8) is 0 Å². The van der Waals surface area contributed by atoms with Gasteiger partial charge in [0.25, 0.3) is 0 Å². The Morgan fingerprint density at radius 1 is 1.09 bits per heavy atom. The van der Waals surface area contributed by atoms with Crippen LogP contribution >= 0.6 is 0 Å². The summed E-state index contributed by atoms with van der Waals surface area (Å²) in [6, 6.07) is 5.93. The molecule has 122 valence electrons. The summed E-state index contributed by atoms with van der Waals surface area (Å²) in [5.74, 6) is -1.66. The van der Waals surface area contributed by atoms with Crippen LogP contribution < -0.4 is 15.9 Å². The predicted molar refractivity (Wildman–Crippen MR) is 78.9 cm³/mol. The Kier molecular flexibility index (Phi) is 5.03. The van der Waals surface area contributed by atoms with E-state index in [-0.39, 0.29) is 11.4 Å². The van der Waals surface area contributed by atoms with Gasteiger partial charge in [0, 0.05) is 6.54 Å². The van der Waals surface area contributed by atoms with Gasteiger partial charge in [-0.3, -0.25) is 15.0 Å². The molecule has 1 aromatic carbocycles. The summed E-state index contributed by atoms with van der Waals surface area (Å²) < 4.78 is 23.4. The van der Waals surface area contributed by atoms with Gasteiger partial charge in [0.2, 0.25) is 10.0 Å². The number of benzene rings is 1. The van der Waals surface area contributed by atoms with Crippen LogP contribution in [0.25, 0.3) is 0 Å². The van der Waals surface area contributed by atoms with E-state index in [1.54, 1.807) is 12.1 Å². The van der Waals surface area contributed by atoms with Crippen LogP contribution in [0.1, 0.15) is 5.56 Å². The molecule has 4 N–H and O–H groups in total. The van der Waals surface area contributed by atoms with Crippen molar-refractivity contribution < 1.29 is 18.0 Å². The summed E-state index contributed by atoms with van der Waals surface area (Å²) in [5.41, 5.74) is 3.04. The highest BCUT2D eigenvalue weighted by Crippen LogP contribution is 2.08. The first kappa shape index (κ1) is 16.6. The van der Waals surface area contributed by atoms with Crippen LogP contribution in [0.2, 0.25) is 0 Å².